The van der Waals surface area contributed by atoms with Crippen LogP contribution in [-0.2, 0) is 0 Å². The second kappa shape index (κ2) is 62.8. The molecule has 0 aromatic heterocycles. The Bertz CT molecular complexity index is 1590. The van der Waals surface area contributed by atoms with Crippen LogP contribution in [0.3, 0.4) is 0 Å². The third-order valence-electron chi connectivity index (χ3n) is 15.9. The highest BCUT2D eigenvalue weighted by molar-refractivity contribution is 8.05. The van der Waals surface area contributed by atoms with Crippen molar-refractivity contribution < 1.29 is 0 Å². The number of hydrogen-bond donors (Lipinski definition) is 0. The summed E-state index contributed by atoms with van der Waals surface area (Å²) in [6.45, 7) is 11.7. The van der Waals surface area contributed by atoms with E-state index in [1.54, 1.807) is 24.5 Å². The highest BCUT2D eigenvalue weighted by atomic mass is 35.5. The maximum Gasteiger partial charge on any atom is 0.0808 e. The summed E-state index contributed by atoms with van der Waals surface area (Å²) in [4.78, 5) is 8.41. The van der Waals surface area contributed by atoms with Crippen LogP contribution in [0.4, 0.5) is 0 Å². The van der Waals surface area contributed by atoms with Gasteiger partial charge in [-0.05, 0) is 73.0 Å². The number of unbranched alkanes of at least 4 members (excludes halogenated alkanes) is 45. The highest BCUT2D eigenvalue weighted by Crippen LogP contribution is 2.50. The highest BCUT2D eigenvalue weighted by Gasteiger charge is 2.21. The molecule has 0 spiro atoms. The molecule has 0 fully saturated rings. The molecule has 480 valence electrons. The van der Waals surface area contributed by atoms with Crippen LogP contribution in [0.25, 0.3) is 0 Å². The second-order valence-corrected chi connectivity index (χ2v) is 31.3. The minimum absolute atomic E-state index is 0.186. The monoisotopic (exact) mass is 1330 g/mol. The first-order valence-corrected chi connectivity index (χ1v) is 41.9. The molecule has 0 radical (unpaired) electrons. The van der Waals surface area contributed by atoms with E-state index in [2.05, 4.69) is 99.5 Å². The minimum Gasteiger partial charge on any atom is -0.125 e. The Balaban J connectivity index is 0.00000271. The molecule has 0 aliphatic rings. The molecule has 0 atom stereocenters. The second-order valence-electron chi connectivity index (χ2n) is 23.8. The van der Waals surface area contributed by atoms with E-state index < -0.39 is 0 Å². The van der Waals surface area contributed by atoms with E-state index in [-0.39, 0.29) is 15.1 Å². The average Bonchev–Trinajstić information content (AvgIpc) is 3.45. The van der Waals surface area contributed by atoms with Crippen molar-refractivity contribution >= 4 is 117 Å². The topological polar surface area (TPSA) is 0 Å². The van der Waals surface area contributed by atoms with Crippen molar-refractivity contribution in [3.8, 4) is 0 Å². The fourth-order valence-electron chi connectivity index (χ4n) is 10.6. The summed E-state index contributed by atoms with van der Waals surface area (Å²) in [5.74, 6) is 6.46. The van der Waals surface area contributed by atoms with Crippen LogP contribution in [0.15, 0.2) is 36.6 Å². The molecule has 2 aromatic carbocycles. The van der Waals surface area contributed by atoms with Crippen LogP contribution in [0, 0.1) is 0 Å². The molecule has 0 saturated carbocycles. The molecule has 0 amide bonds. The summed E-state index contributed by atoms with van der Waals surface area (Å²) >= 11 is 39.6. The largest absolute Gasteiger partial charge is 0.125 e. The molecular weight excluding hydrogens is 1200 g/mol. The Morgan fingerprint density at radius 1 is 0.207 bits per heavy atom. The number of benzene rings is 2. The molecule has 10 heteroatoms. The van der Waals surface area contributed by atoms with Gasteiger partial charge in [0.05, 0.1) is 25.1 Å². The predicted molar refractivity (Wildman–Crippen MR) is 391 cm³/mol. The van der Waals surface area contributed by atoms with Gasteiger partial charge >= 0.3 is 0 Å². The summed E-state index contributed by atoms with van der Waals surface area (Å²) in [6.07, 6.45) is 71.3. The summed E-state index contributed by atoms with van der Waals surface area (Å²) in [7, 11) is 0. The van der Waals surface area contributed by atoms with E-state index in [4.69, 9.17) is 58.0 Å². The summed E-state index contributed by atoms with van der Waals surface area (Å²) < 4.78 is 0. The standard InChI is InChI=1S/C66H126S5.C6HCl5/c1-6-11-16-21-26-31-36-41-46-51-56-67-62-61-63(68-57-52-47-42-37-32-27-22-17-12-7-2)65(70-59-54-49-44-39-34-29-24-19-14-9-4)66(71-60-55-50-45-40-35-30-25-20-15-10-5)64(62)69-58-53-48-43-38-33-28-23-18-13-8-3;7-2-1-3(8)5(10)6(11)4(2)9/h61H,6-60H2,1-5H3;1H. The van der Waals surface area contributed by atoms with Gasteiger partial charge in [-0.2, -0.15) is 0 Å². The SMILES string of the molecule is CCCCCCCCCCCCSc1cc(SCCCCCCCCCCCC)c(SCCCCCCCCCCCC)c(SCCCCCCCCCCCC)c1SCCCCCCCCCCCC.Clc1cc(Cl)c(Cl)c(Cl)c1Cl. The first-order valence-electron chi connectivity index (χ1n) is 35.1. The van der Waals surface area contributed by atoms with Crippen LogP contribution >= 0.6 is 117 Å². The molecule has 0 bridgehead atoms. The van der Waals surface area contributed by atoms with Crippen molar-refractivity contribution in [2.75, 3.05) is 28.8 Å². The summed E-state index contributed by atoms with van der Waals surface area (Å²) in [5.41, 5.74) is 0. The molecule has 2 aromatic rings. The van der Waals surface area contributed by atoms with E-state index in [9.17, 15) is 0 Å². The van der Waals surface area contributed by atoms with E-state index >= 15 is 0 Å². The Morgan fingerprint density at radius 2 is 0.390 bits per heavy atom. The van der Waals surface area contributed by atoms with Crippen LogP contribution < -0.4 is 0 Å². The molecule has 2 rings (SSSR count). The zero-order valence-corrected chi connectivity index (χ0v) is 61.8. The van der Waals surface area contributed by atoms with Gasteiger partial charge in [0.25, 0.3) is 0 Å². The molecular formula is C72H127Cl5S5. The average molecular weight is 1330 g/mol. The summed E-state index contributed by atoms with van der Waals surface area (Å²) in [6, 6.07) is 4.20. The van der Waals surface area contributed by atoms with Gasteiger partial charge in [-0.25, -0.2) is 0 Å². The van der Waals surface area contributed by atoms with Gasteiger partial charge in [0.15, 0.2) is 0 Å². The van der Waals surface area contributed by atoms with E-state index in [0.717, 1.165) is 0 Å². The molecule has 0 nitrogen and oxygen atoms in total. The quantitative estimate of drug-likeness (QED) is 0.0279. The third-order valence-corrected chi connectivity index (χ3v) is 24.4. The van der Waals surface area contributed by atoms with E-state index in [1.807, 2.05) is 0 Å². The zero-order valence-electron chi connectivity index (χ0n) is 54.0. The van der Waals surface area contributed by atoms with Crippen molar-refractivity contribution in [1.82, 2.24) is 0 Å². The fourth-order valence-corrected chi connectivity index (χ4v) is 18.4. The van der Waals surface area contributed by atoms with Crippen LogP contribution in [0.1, 0.15) is 356 Å². The molecule has 0 aliphatic carbocycles. The number of thioether (sulfide) groups is 5. The van der Waals surface area contributed by atoms with Crippen LogP contribution in [0.5, 0.6) is 0 Å². The zero-order chi connectivity index (χ0) is 59.6. The van der Waals surface area contributed by atoms with Crippen molar-refractivity contribution in [2.24, 2.45) is 0 Å². The summed E-state index contributed by atoms with van der Waals surface area (Å²) in [5, 5.41) is 1.23. The molecule has 0 unspecified atom stereocenters. The smallest absolute Gasteiger partial charge is 0.0808 e. The lowest BCUT2D eigenvalue weighted by molar-refractivity contribution is 0.563. The lowest BCUT2D eigenvalue weighted by Gasteiger charge is -2.22. The van der Waals surface area contributed by atoms with Crippen molar-refractivity contribution in [3.05, 3.63) is 37.2 Å². The van der Waals surface area contributed by atoms with Crippen LogP contribution in [-0.4, -0.2) is 28.8 Å². The molecule has 0 saturated heterocycles. The maximum atomic E-state index is 5.66. The lowest BCUT2D eigenvalue weighted by Crippen LogP contribution is -1.97. The van der Waals surface area contributed by atoms with Gasteiger partial charge < -0.3 is 0 Å². The van der Waals surface area contributed by atoms with Gasteiger partial charge in [0.1, 0.15) is 0 Å². The third kappa shape index (κ3) is 46.7. The molecule has 82 heavy (non-hydrogen) atoms. The maximum absolute atomic E-state index is 5.66. The van der Waals surface area contributed by atoms with Gasteiger partial charge in [-0.15, -0.1) is 58.8 Å². The number of hydrogen-bond acceptors (Lipinski definition) is 5. The minimum atomic E-state index is 0.186. The Morgan fingerprint density at radius 3 is 0.610 bits per heavy atom. The van der Waals surface area contributed by atoms with Crippen molar-refractivity contribution in [2.45, 2.75) is 380 Å². The predicted octanol–water partition coefficient (Wildman–Crippen LogP) is 31.7. The number of rotatable bonds is 60. The molecule has 0 aliphatic heterocycles. The van der Waals surface area contributed by atoms with Gasteiger partial charge in [-0.1, -0.05) is 382 Å². The van der Waals surface area contributed by atoms with Crippen molar-refractivity contribution in [1.29, 1.82) is 0 Å². The Kier molecular flexibility index (Phi) is 62.5. The molecule has 0 N–H and O–H groups in total. The lowest BCUT2D eigenvalue weighted by atomic mass is 10.1. The van der Waals surface area contributed by atoms with Gasteiger partial charge in [0, 0.05) is 24.5 Å². The van der Waals surface area contributed by atoms with E-state index in [0.29, 0.717) is 10.0 Å². The van der Waals surface area contributed by atoms with Gasteiger partial charge in [0.2, 0.25) is 0 Å². The number of halogens is 5. The van der Waals surface area contributed by atoms with Gasteiger partial charge in [-0.3, -0.25) is 0 Å². The van der Waals surface area contributed by atoms with Crippen molar-refractivity contribution in [3.63, 3.8) is 0 Å². The first-order chi connectivity index (χ1) is 40.3. The first kappa shape index (κ1) is 81.7. The van der Waals surface area contributed by atoms with E-state index in [1.165, 1.54) is 356 Å². The Labute approximate surface area is 558 Å². The fraction of sp³-hybridized carbons (Fsp3) is 0.833. The normalized spacial score (nSPS) is 11.5. The molecule has 0 heterocycles. The Hall–Kier alpha value is 1.64. The van der Waals surface area contributed by atoms with Crippen LogP contribution in [0.2, 0.25) is 25.1 Å².